The summed E-state index contributed by atoms with van der Waals surface area (Å²) in [4.78, 5) is 0. The van der Waals surface area contributed by atoms with Crippen LogP contribution in [0.15, 0.2) is 37.5 Å². The highest BCUT2D eigenvalue weighted by atomic mass is 16.5. The molecule has 0 atom stereocenters. The van der Waals surface area contributed by atoms with Gasteiger partial charge in [0, 0.05) is 0 Å². The molecule has 0 radical (unpaired) electrons. The Kier molecular flexibility index (Phi) is 9.41. The fraction of sp³-hybridized carbons (Fsp3) is 0.400. The molecule has 0 aliphatic carbocycles. The van der Waals surface area contributed by atoms with E-state index in [9.17, 15) is 0 Å². The van der Waals surface area contributed by atoms with Gasteiger partial charge in [0.1, 0.15) is 0 Å². The van der Waals surface area contributed by atoms with Crippen LogP contribution in [0.25, 0.3) is 0 Å². The number of hydrogen-bond acceptors (Lipinski definition) is 2. The van der Waals surface area contributed by atoms with Crippen molar-refractivity contribution >= 4 is 0 Å². The Labute approximate surface area is 74.2 Å². The van der Waals surface area contributed by atoms with Crippen molar-refractivity contribution in [2.75, 3.05) is 26.4 Å². The zero-order valence-electron chi connectivity index (χ0n) is 7.37. The Bertz CT molecular complexity index is 123. The maximum atomic E-state index is 5.11. The van der Waals surface area contributed by atoms with E-state index in [0.717, 1.165) is 0 Å². The van der Waals surface area contributed by atoms with E-state index in [0.29, 0.717) is 26.4 Å². The predicted octanol–water partition coefficient (Wildman–Crippen LogP) is 1.95. The Morgan fingerprint density at radius 3 is 1.50 bits per heavy atom. The van der Waals surface area contributed by atoms with E-state index in [-0.39, 0.29) is 0 Å². The average Bonchev–Trinajstić information content (AvgIpc) is 2.10. The third-order valence-corrected chi connectivity index (χ3v) is 1.07. The van der Waals surface area contributed by atoms with Crippen LogP contribution in [0, 0.1) is 0 Å². The van der Waals surface area contributed by atoms with Crippen LogP contribution in [-0.4, -0.2) is 26.4 Å². The molecule has 2 heteroatoms. The molecule has 0 spiro atoms. The van der Waals surface area contributed by atoms with E-state index < -0.39 is 0 Å². The topological polar surface area (TPSA) is 18.5 Å². The SMILES string of the molecule is C=CCOC/C=C/COCC=C. The highest BCUT2D eigenvalue weighted by Crippen LogP contribution is 1.81. The average molecular weight is 168 g/mol. The minimum Gasteiger partial charge on any atom is -0.373 e. The van der Waals surface area contributed by atoms with Crippen LogP contribution in [0.2, 0.25) is 0 Å². The number of hydrogen-bond donors (Lipinski definition) is 0. The first kappa shape index (κ1) is 11.1. The Hall–Kier alpha value is -0.860. The molecule has 0 aromatic carbocycles. The van der Waals surface area contributed by atoms with E-state index in [4.69, 9.17) is 9.47 Å². The monoisotopic (exact) mass is 168 g/mol. The lowest BCUT2D eigenvalue weighted by atomic mass is 10.5. The van der Waals surface area contributed by atoms with Crippen molar-refractivity contribution in [3.8, 4) is 0 Å². The number of ether oxygens (including phenoxy) is 2. The molecule has 0 unspecified atom stereocenters. The molecule has 0 bridgehead atoms. The van der Waals surface area contributed by atoms with Crippen LogP contribution in [0.1, 0.15) is 0 Å². The van der Waals surface area contributed by atoms with Gasteiger partial charge in [0.05, 0.1) is 26.4 Å². The zero-order valence-corrected chi connectivity index (χ0v) is 7.37. The van der Waals surface area contributed by atoms with Gasteiger partial charge in [-0.1, -0.05) is 24.3 Å². The van der Waals surface area contributed by atoms with Crippen LogP contribution in [0.3, 0.4) is 0 Å². The molecule has 0 N–H and O–H groups in total. The predicted molar refractivity (Wildman–Crippen MR) is 51.2 cm³/mol. The summed E-state index contributed by atoms with van der Waals surface area (Å²) < 4.78 is 10.2. The van der Waals surface area contributed by atoms with Gasteiger partial charge in [0.25, 0.3) is 0 Å². The maximum absolute atomic E-state index is 5.11. The first-order chi connectivity index (χ1) is 5.91. The van der Waals surface area contributed by atoms with Crippen LogP contribution >= 0.6 is 0 Å². The van der Waals surface area contributed by atoms with Crippen LogP contribution in [-0.2, 0) is 9.47 Å². The minimum atomic E-state index is 0.595. The Balaban J connectivity index is 3.02. The van der Waals surface area contributed by atoms with Crippen LogP contribution in [0.5, 0.6) is 0 Å². The summed E-state index contributed by atoms with van der Waals surface area (Å²) in [5.41, 5.74) is 0. The van der Waals surface area contributed by atoms with Gasteiger partial charge in [-0.25, -0.2) is 0 Å². The van der Waals surface area contributed by atoms with Crippen molar-refractivity contribution in [1.82, 2.24) is 0 Å². The van der Waals surface area contributed by atoms with Crippen LogP contribution < -0.4 is 0 Å². The summed E-state index contributed by atoms with van der Waals surface area (Å²) >= 11 is 0. The van der Waals surface area contributed by atoms with Crippen LogP contribution in [0.4, 0.5) is 0 Å². The van der Waals surface area contributed by atoms with Crippen molar-refractivity contribution in [2.45, 2.75) is 0 Å². The molecule has 0 aromatic heterocycles. The fourth-order valence-electron chi connectivity index (χ4n) is 0.575. The second-order valence-corrected chi connectivity index (χ2v) is 2.12. The molecule has 12 heavy (non-hydrogen) atoms. The third-order valence-electron chi connectivity index (χ3n) is 1.07. The molecule has 0 heterocycles. The lowest BCUT2D eigenvalue weighted by Gasteiger charge is -1.95. The van der Waals surface area contributed by atoms with E-state index in [1.807, 2.05) is 12.2 Å². The zero-order chi connectivity index (χ0) is 9.07. The van der Waals surface area contributed by atoms with Crippen molar-refractivity contribution < 1.29 is 9.47 Å². The molecule has 0 aromatic rings. The number of rotatable bonds is 8. The van der Waals surface area contributed by atoms with Crippen molar-refractivity contribution in [3.05, 3.63) is 37.5 Å². The highest BCUT2D eigenvalue weighted by molar-refractivity contribution is 4.82. The van der Waals surface area contributed by atoms with Gasteiger partial charge in [0.2, 0.25) is 0 Å². The third kappa shape index (κ3) is 9.14. The summed E-state index contributed by atoms with van der Waals surface area (Å²) in [7, 11) is 0. The second kappa shape index (κ2) is 10.1. The Morgan fingerprint density at radius 1 is 0.750 bits per heavy atom. The lowest BCUT2D eigenvalue weighted by Crippen LogP contribution is -1.92. The minimum absolute atomic E-state index is 0.595. The molecular weight excluding hydrogens is 152 g/mol. The van der Waals surface area contributed by atoms with Gasteiger partial charge in [0.15, 0.2) is 0 Å². The molecule has 2 nitrogen and oxygen atoms in total. The highest BCUT2D eigenvalue weighted by Gasteiger charge is 1.78. The molecule has 0 fully saturated rings. The largest absolute Gasteiger partial charge is 0.373 e. The molecule has 0 rings (SSSR count). The molecule has 0 saturated heterocycles. The van der Waals surface area contributed by atoms with E-state index in [1.165, 1.54) is 0 Å². The molecular formula is C10H16O2. The summed E-state index contributed by atoms with van der Waals surface area (Å²) in [6, 6.07) is 0. The van der Waals surface area contributed by atoms with Crippen molar-refractivity contribution in [2.24, 2.45) is 0 Å². The maximum Gasteiger partial charge on any atom is 0.0652 e. The summed E-state index contributed by atoms with van der Waals surface area (Å²) in [6.07, 6.45) is 7.29. The smallest absolute Gasteiger partial charge is 0.0652 e. The van der Waals surface area contributed by atoms with E-state index in [2.05, 4.69) is 13.2 Å². The molecule has 0 amide bonds. The molecule has 68 valence electrons. The first-order valence-corrected chi connectivity index (χ1v) is 3.94. The summed E-state index contributed by atoms with van der Waals surface area (Å²) in [6.45, 7) is 9.49. The van der Waals surface area contributed by atoms with Crippen molar-refractivity contribution in [3.63, 3.8) is 0 Å². The first-order valence-electron chi connectivity index (χ1n) is 3.94. The van der Waals surface area contributed by atoms with Gasteiger partial charge in [-0.05, 0) is 0 Å². The molecule has 0 aliphatic heterocycles. The normalized spacial score (nSPS) is 10.3. The van der Waals surface area contributed by atoms with Crippen molar-refractivity contribution in [1.29, 1.82) is 0 Å². The Morgan fingerprint density at radius 2 is 1.17 bits per heavy atom. The summed E-state index contributed by atoms with van der Waals surface area (Å²) in [5, 5.41) is 0. The van der Waals surface area contributed by atoms with Gasteiger partial charge < -0.3 is 9.47 Å². The standard InChI is InChI=1S/C10H16O2/c1-3-7-11-9-5-6-10-12-8-4-2/h3-6H,1-2,7-10H2/b6-5+. The van der Waals surface area contributed by atoms with Gasteiger partial charge in [-0.15, -0.1) is 13.2 Å². The lowest BCUT2D eigenvalue weighted by molar-refractivity contribution is 0.185. The van der Waals surface area contributed by atoms with Gasteiger partial charge >= 0.3 is 0 Å². The fourth-order valence-corrected chi connectivity index (χ4v) is 0.575. The molecule has 0 saturated carbocycles. The van der Waals surface area contributed by atoms with E-state index in [1.54, 1.807) is 12.2 Å². The van der Waals surface area contributed by atoms with E-state index >= 15 is 0 Å². The quantitative estimate of drug-likeness (QED) is 0.407. The van der Waals surface area contributed by atoms with Gasteiger partial charge in [-0.3, -0.25) is 0 Å². The van der Waals surface area contributed by atoms with Gasteiger partial charge in [-0.2, -0.15) is 0 Å². The second-order valence-electron chi connectivity index (χ2n) is 2.12. The summed E-state index contributed by atoms with van der Waals surface area (Å²) in [5.74, 6) is 0. The molecule has 0 aliphatic rings.